The van der Waals surface area contributed by atoms with Crippen LogP contribution in [0.2, 0.25) is 0 Å². The predicted octanol–water partition coefficient (Wildman–Crippen LogP) is 2.49. The van der Waals surface area contributed by atoms with Crippen LogP contribution in [-0.4, -0.2) is 67.0 Å². The van der Waals surface area contributed by atoms with Gasteiger partial charge in [0.05, 0.1) is 39.0 Å². The highest BCUT2D eigenvalue weighted by Gasteiger charge is 2.23. The molecule has 0 radical (unpaired) electrons. The lowest BCUT2D eigenvalue weighted by atomic mass is 10.1. The average Bonchev–Trinajstić information content (AvgIpc) is 3.26. The van der Waals surface area contributed by atoms with E-state index in [4.69, 9.17) is 14.4 Å². The second-order valence-corrected chi connectivity index (χ2v) is 7.31. The van der Waals surface area contributed by atoms with Gasteiger partial charge in [-0.2, -0.15) is 5.26 Å². The van der Waals surface area contributed by atoms with Crippen LogP contribution in [-0.2, 0) is 17.9 Å². The summed E-state index contributed by atoms with van der Waals surface area (Å²) in [6.07, 6.45) is 1.87. The Labute approximate surface area is 176 Å². The Balaban J connectivity index is 1.51. The highest BCUT2D eigenvalue weighted by Crippen LogP contribution is 2.21. The van der Waals surface area contributed by atoms with Gasteiger partial charge in [0.25, 0.3) is 0 Å². The van der Waals surface area contributed by atoms with Crippen molar-refractivity contribution in [3.8, 4) is 11.8 Å². The van der Waals surface area contributed by atoms with Crippen LogP contribution in [0.1, 0.15) is 17.7 Å². The molecular weight excluding hydrogens is 387 g/mol. The summed E-state index contributed by atoms with van der Waals surface area (Å²) < 4.78 is 24.3. The Morgan fingerprint density at radius 2 is 2.03 bits per heavy atom. The summed E-state index contributed by atoms with van der Waals surface area (Å²) in [5, 5.41) is 8.89. The molecule has 0 aliphatic carbocycles. The molecule has 1 aromatic carbocycles. The molecule has 3 rings (SSSR count). The number of ether oxygens (including phenoxy) is 1. The number of furan rings is 1. The fraction of sp³-hybridized carbons (Fsp3) is 0.455. The van der Waals surface area contributed by atoms with E-state index in [2.05, 4.69) is 15.9 Å². The van der Waals surface area contributed by atoms with E-state index in [1.54, 1.807) is 30.4 Å². The highest BCUT2D eigenvalue weighted by atomic mass is 19.1. The summed E-state index contributed by atoms with van der Waals surface area (Å²) in [7, 11) is 1.58. The number of amides is 1. The average molecular weight is 414 g/mol. The number of nitrogens with zero attached hydrogens (tertiary/aromatic N) is 4. The fourth-order valence-electron chi connectivity index (χ4n) is 3.58. The molecule has 160 valence electrons. The number of hydrogen-bond acceptors (Lipinski definition) is 6. The Kier molecular flexibility index (Phi) is 7.82. The summed E-state index contributed by atoms with van der Waals surface area (Å²) in [6, 6.07) is 10.3. The SMILES string of the molecule is COc1ccc(F)cc1CN1CCN(CC(=O)N(CCC#N)Cc2ccco2)CC1. The van der Waals surface area contributed by atoms with Gasteiger partial charge in [0.2, 0.25) is 5.91 Å². The number of halogens is 1. The van der Waals surface area contributed by atoms with Crippen molar-refractivity contribution in [3.05, 3.63) is 53.7 Å². The topological polar surface area (TPSA) is 73.0 Å². The molecule has 8 heteroatoms. The van der Waals surface area contributed by atoms with Crippen LogP contribution < -0.4 is 4.74 Å². The highest BCUT2D eigenvalue weighted by molar-refractivity contribution is 5.78. The summed E-state index contributed by atoms with van der Waals surface area (Å²) >= 11 is 0. The van der Waals surface area contributed by atoms with Crippen molar-refractivity contribution < 1.29 is 18.3 Å². The van der Waals surface area contributed by atoms with E-state index in [1.807, 2.05) is 6.07 Å². The molecule has 1 fully saturated rings. The number of rotatable bonds is 9. The van der Waals surface area contributed by atoms with E-state index >= 15 is 0 Å². The number of carbonyl (C=O) groups excluding carboxylic acids is 1. The molecular formula is C22H27FN4O3. The van der Waals surface area contributed by atoms with Crippen LogP contribution in [0.4, 0.5) is 4.39 Å². The van der Waals surface area contributed by atoms with Crippen molar-refractivity contribution in [3.63, 3.8) is 0 Å². The first-order valence-corrected chi connectivity index (χ1v) is 10.0. The summed E-state index contributed by atoms with van der Waals surface area (Å²) in [4.78, 5) is 18.8. The van der Waals surface area contributed by atoms with Gasteiger partial charge in [-0.15, -0.1) is 0 Å². The Morgan fingerprint density at radius 3 is 2.70 bits per heavy atom. The Bertz CT molecular complexity index is 858. The lowest BCUT2D eigenvalue weighted by Gasteiger charge is -2.35. The summed E-state index contributed by atoms with van der Waals surface area (Å²) in [6.45, 7) is 4.72. The molecule has 0 saturated carbocycles. The van der Waals surface area contributed by atoms with Crippen LogP contribution in [0, 0.1) is 17.1 Å². The molecule has 7 nitrogen and oxygen atoms in total. The third-order valence-electron chi connectivity index (χ3n) is 5.23. The molecule has 0 atom stereocenters. The van der Waals surface area contributed by atoms with Crippen LogP contribution in [0.5, 0.6) is 5.75 Å². The standard InChI is InChI=1S/C22H27FN4O3/c1-29-21-6-5-19(23)14-18(21)15-25-9-11-26(12-10-25)17-22(28)27(8-3-7-24)16-20-4-2-13-30-20/h2,4-6,13-14H,3,8-12,15-17H2,1H3. The first-order chi connectivity index (χ1) is 14.6. The van der Waals surface area contributed by atoms with Crippen LogP contribution in [0.3, 0.4) is 0 Å². The van der Waals surface area contributed by atoms with Gasteiger partial charge in [-0.3, -0.25) is 14.6 Å². The quantitative estimate of drug-likeness (QED) is 0.628. The van der Waals surface area contributed by atoms with Gasteiger partial charge in [-0.05, 0) is 30.3 Å². The summed E-state index contributed by atoms with van der Waals surface area (Å²) in [5.41, 5.74) is 0.822. The summed E-state index contributed by atoms with van der Waals surface area (Å²) in [5.74, 6) is 1.10. The first kappa shape index (κ1) is 21.8. The van der Waals surface area contributed by atoms with Gasteiger partial charge in [-0.25, -0.2) is 4.39 Å². The van der Waals surface area contributed by atoms with Crippen molar-refractivity contribution in [2.24, 2.45) is 0 Å². The number of hydrogen-bond donors (Lipinski definition) is 0. The van der Waals surface area contributed by atoms with Gasteiger partial charge < -0.3 is 14.1 Å². The van der Waals surface area contributed by atoms with Crippen molar-refractivity contribution in [1.29, 1.82) is 5.26 Å². The van der Waals surface area contributed by atoms with Crippen LogP contribution >= 0.6 is 0 Å². The monoisotopic (exact) mass is 414 g/mol. The fourth-order valence-corrected chi connectivity index (χ4v) is 3.58. The number of nitriles is 1. The lowest BCUT2D eigenvalue weighted by Crippen LogP contribution is -2.49. The molecule has 2 aromatic rings. The number of carbonyl (C=O) groups is 1. The van der Waals surface area contributed by atoms with Gasteiger partial charge in [-0.1, -0.05) is 0 Å². The molecule has 1 aromatic heterocycles. The number of piperazine rings is 1. The van der Waals surface area contributed by atoms with Gasteiger partial charge in [0.1, 0.15) is 17.3 Å². The van der Waals surface area contributed by atoms with Gasteiger partial charge in [0, 0.05) is 44.8 Å². The van der Waals surface area contributed by atoms with E-state index in [-0.39, 0.29) is 18.1 Å². The maximum Gasteiger partial charge on any atom is 0.237 e. The molecule has 1 aliphatic heterocycles. The zero-order chi connectivity index (χ0) is 21.3. The molecule has 1 amide bonds. The minimum Gasteiger partial charge on any atom is -0.496 e. The zero-order valence-corrected chi connectivity index (χ0v) is 17.2. The van der Waals surface area contributed by atoms with Gasteiger partial charge in [0.15, 0.2) is 0 Å². The molecule has 0 bridgehead atoms. The van der Waals surface area contributed by atoms with E-state index in [0.29, 0.717) is 37.7 Å². The number of benzene rings is 1. The second kappa shape index (κ2) is 10.8. The first-order valence-electron chi connectivity index (χ1n) is 10.0. The maximum absolute atomic E-state index is 13.6. The molecule has 2 heterocycles. The molecule has 0 spiro atoms. The Morgan fingerprint density at radius 1 is 1.27 bits per heavy atom. The van der Waals surface area contributed by atoms with Crippen molar-refractivity contribution >= 4 is 5.91 Å². The van der Waals surface area contributed by atoms with Gasteiger partial charge >= 0.3 is 0 Å². The third-order valence-corrected chi connectivity index (χ3v) is 5.23. The third kappa shape index (κ3) is 6.05. The van der Waals surface area contributed by atoms with Crippen LogP contribution in [0.15, 0.2) is 41.0 Å². The van der Waals surface area contributed by atoms with E-state index < -0.39 is 0 Å². The maximum atomic E-state index is 13.6. The molecule has 0 unspecified atom stereocenters. The normalized spacial score (nSPS) is 15.0. The molecule has 1 aliphatic rings. The van der Waals surface area contributed by atoms with E-state index in [1.165, 1.54) is 12.1 Å². The minimum absolute atomic E-state index is 0.0121. The second-order valence-electron chi connectivity index (χ2n) is 7.31. The molecule has 0 N–H and O–H groups in total. The van der Waals surface area contributed by atoms with E-state index in [0.717, 1.165) is 31.7 Å². The van der Waals surface area contributed by atoms with Crippen LogP contribution in [0.25, 0.3) is 0 Å². The number of methoxy groups -OCH3 is 1. The lowest BCUT2D eigenvalue weighted by molar-refractivity contribution is -0.133. The van der Waals surface area contributed by atoms with Crippen molar-refractivity contribution in [2.45, 2.75) is 19.5 Å². The zero-order valence-electron chi connectivity index (χ0n) is 17.2. The van der Waals surface area contributed by atoms with Crippen molar-refractivity contribution in [1.82, 2.24) is 14.7 Å². The minimum atomic E-state index is -0.274. The molecule has 1 saturated heterocycles. The largest absolute Gasteiger partial charge is 0.496 e. The molecule has 30 heavy (non-hydrogen) atoms. The van der Waals surface area contributed by atoms with E-state index in [9.17, 15) is 9.18 Å². The van der Waals surface area contributed by atoms with Crippen molar-refractivity contribution in [2.75, 3.05) is 46.4 Å². The smallest absolute Gasteiger partial charge is 0.237 e. The Hall–Kier alpha value is -2.89. The predicted molar refractivity (Wildman–Crippen MR) is 109 cm³/mol.